The zero-order valence-electron chi connectivity index (χ0n) is 51.1. The largest absolute Gasteiger partial charge is 0.457 e. The highest BCUT2D eigenvalue weighted by Gasteiger charge is 2.41. The number of ether oxygens (including phenoxy) is 1. The van der Waals surface area contributed by atoms with Gasteiger partial charge in [0.05, 0.1) is 6.85 Å². The van der Waals surface area contributed by atoms with Crippen LogP contribution >= 0.6 is 0 Å². The van der Waals surface area contributed by atoms with E-state index in [9.17, 15) is 2.74 Å². The predicted octanol–water partition coefficient (Wildman–Crippen LogP) is 20.6. The first-order chi connectivity index (χ1) is 38.5. The predicted molar refractivity (Wildman–Crippen MR) is 321 cm³/mol. The maximum absolute atomic E-state index is 9.37. The third-order valence-corrected chi connectivity index (χ3v) is 17.2. The van der Waals surface area contributed by atoms with E-state index in [1.165, 1.54) is 83.5 Å². The van der Waals surface area contributed by atoms with Crippen molar-refractivity contribution in [1.82, 2.24) is 0 Å². The monoisotopic (exact) mass is 996 g/mol. The number of aryl methyl sites for hydroxylation is 2. The van der Waals surface area contributed by atoms with Crippen molar-refractivity contribution in [2.75, 3.05) is 0 Å². The van der Waals surface area contributed by atoms with Crippen molar-refractivity contribution in [3.8, 4) is 56.0 Å². The van der Waals surface area contributed by atoms with Crippen molar-refractivity contribution in [1.29, 1.82) is 0 Å². The van der Waals surface area contributed by atoms with E-state index in [1.807, 2.05) is 12.1 Å². The fourth-order valence-electron chi connectivity index (χ4n) is 13.2. The van der Waals surface area contributed by atoms with Crippen molar-refractivity contribution < 1.29 is 11.6 Å². The SMILES string of the molecule is [2H]c1c([2H])c([2H])c(-c2cccc(-c3cc(C(C)(C)C)cc(C(C)(C)C)c3)c2C2CC(C3CCCc4ccc(Oc5ccc6c(c5)C(c5ccc(-c7ccc(C(C)(C)C)cc7)c(C)c5)c5ccccc5-6)cc43)c3ccccc32)c([2H])c1[2H]. The number of fused-ring (bicyclic) bond motifs is 5. The molecular weight excluding hydrogens is 917 g/mol. The van der Waals surface area contributed by atoms with Gasteiger partial charge in [0.25, 0.3) is 0 Å². The molecular formula is C75H74O. The average Bonchev–Trinajstić information content (AvgIpc) is 3.44. The van der Waals surface area contributed by atoms with Gasteiger partial charge in [-0.25, -0.2) is 0 Å². The lowest BCUT2D eigenvalue weighted by Crippen LogP contribution is -2.17. The Balaban J connectivity index is 0.918. The summed E-state index contributed by atoms with van der Waals surface area (Å²) in [6.07, 6.45) is 3.92. The van der Waals surface area contributed by atoms with E-state index in [0.717, 1.165) is 53.9 Å². The molecule has 4 unspecified atom stereocenters. The van der Waals surface area contributed by atoms with E-state index < -0.39 is 0 Å². The lowest BCUT2D eigenvalue weighted by atomic mass is 9.73. The summed E-state index contributed by atoms with van der Waals surface area (Å²) in [6.45, 7) is 22.6. The summed E-state index contributed by atoms with van der Waals surface area (Å²) in [6, 6.07) is 59.1. The van der Waals surface area contributed by atoms with Gasteiger partial charge in [0.2, 0.25) is 0 Å². The molecule has 0 saturated carbocycles. The van der Waals surface area contributed by atoms with Crippen LogP contribution in [0.1, 0.15) is 179 Å². The van der Waals surface area contributed by atoms with E-state index >= 15 is 0 Å². The highest BCUT2D eigenvalue weighted by atomic mass is 16.5. The number of benzene rings is 9. The van der Waals surface area contributed by atoms with Crippen molar-refractivity contribution in [2.24, 2.45) is 0 Å². The standard InChI is InChI=1S/C75H74O/c1-47-40-51(33-38-58(47)50-30-34-53(35-31-50)73(2,3)4)71-66-26-17-16-23-61(66)65-39-37-57(45-69(65)71)76-56-36-32-49-22-18-29-64(67(49)44-56)68-46-70(63-25-15-14-24-62(63)68)72-59(48-20-12-11-13-21-48)27-19-28-60(72)52-41-54(74(5,6)7)43-55(42-52)75(8,9)10/h11-17,19-21,23-28,30-45,64,68,70-71H,18,22,29,46H2,1-10H3/i11D,12D,13D,20D,21D. The second-order valence-corrected chi connectivity index (χ2v) is 25.2. The summed E-state index contributed by atoms with van der Waals surface area (Å²) in [5.74, 6) is 1.95. The first kappa shape index (κ1) is 44.0. The summed E-state index contributed by atoms with van der Waals surface area (Å²) in [5, 5.41) is 0. The highest BCUT2D eigenvalue weighted by Crippen LogP contribution is 2.57. The van der Waals surface area contributed by atoms with Crippen LogP contribution in [0.25, 0.3) is 44.5 Å². The summed E-state index contributed by atoms with van der Waals surface area (Å²) in [7, 11) is 0. The average molecular weight is 996 g/mol. The van der Waals surface area contributed by atoms with Crippen LogP contribution < -0.4 is 4.74 Å². The Kier molecular flexibility index (Phi) is 11.1. The summed E-state index contributed by atoms with van der Waals surface area (Å²) < 4.78 is 52.0. The molecule has 3 aliphatic carbocycles. The maximum atomic E-state index is 9.37. The molecule has 12 rings (SSSR count). The van der Waals surface area contributed by atoms with Crippen LogP contribution in [0.15, 0.2) is 194 Å². The molecule has 0 spiro atoms. The lowest BCUT2D eigenvalue weighted by molar-refractivity contribution is 0.445. The minimum absolute atomic E-state index is 0.0631. The quantitative estimate of drug-likeness (QED) is 0.147. The summed E-state index contributed by atoms with van der Waals surface area (Å²) >= 11 is 0. The fraction of sp³-hybridized carbons (Fsp3) is 0.280. The molecule has 0 saturated heterocycles. The Morgan fingerprint density at radius 1 is 0.447 bits per heavy atom. The molecule has 9 aromatic rings. The van der Waals surface area contributed by atoms with Crippen LogP contribution in [0.4, 0.5) is 0 Å². The van der Waals surface area contributed by atoms with Gasteiger partial charge in [-0.15, -0.1) is 0 Å². The van der Waals surface area contributed by atoms with Crippen LogP contribution in [-0.4, -0.2) is 0 Å². The van der Waals surface area contributed by atoms with Crippen molar-refractivity contribution in [2.45, 2.75) is 135 Å². The second-order valence-electron chi connectivity index (χ2n) is 25.2. The second kappa shape index (κ2) is 19.1. The molecule has 0 N–H and O–H groups in total. The number of rotatable bonds is 8. The molecule has 76 heavy (non-hydrogen) atoms. The number of hydrogen-bond donors (Lipinski definition) is 0. The minimum atomic E-state index is -0.384. The van der Waals surface area contributed by atoms with Gasteiger partial charge < -0.3 is 4.74 Å². The van der Waals surface area contributed by atoms with Gasteiger partial charge in [-0.05, 0) is 196 Å². The zero-order valence-corrected chi connectivity index (χ0v) is 46.1. The van der Waals surface area contributed by atoms with Crippen molar-refractivity contribution in [3.63, 3.8) is 0 Å². The Morgan fingerprint density at radius 3 is 1.72 bits per heavy atom. The van der Waals surface area contributed by atoms with Crippen molar-refractivity contribution in [3.05, 3.63) is 261 Å². The van der Waals surface area contributed by atoms with Gasteiger partial charge in [-0.3, -0.25) is 0 Å². The molecule has 1 nitrogen and oxygen atoms in total. The van der Waals surface area contributed by atoms with E-state index in [4.69, 9.17) is 8.85 Å². The van der Waals surface area contributed by atoms with Gasteiger partial charge >= 0.3 is 0 Å². The normalized spacial score (nSPS) is 18.8. The molecule has 0 radical (unpaired) electrons. The van der Waals surface area contributed by atoms with Gasteiger partial charge in [0.15, 0.2) is 0 Å². The van der Waals surface area contributed by atoms with Crippen LogP contribution in [0, 0.1) is 6.92 Å². The van der Waals surface area contributed by atoms with Crippen molar-refractivity contribution >= 4 is 0 Å². The zero-order chi connectivity index (χ0) is 57.0. The Labute approximate surface area is 461 Å². The smallest absolute Gasteiger partial charge is 0.127 e. The van der Waals surface area contributed by atoms with Gasteiger partial charge in [0.1, 0.15) is 11.5 Å². The van der Waals surface area contributed by atoms with Gasteiger partial charge in [0, 0.05) is 11.8 Å². The molecule has 0 aromatic heterocycles. The van der Waals surface area contributed by atoms with Gasteiger partial charge in [-0.2, -0.15) is 0 Å². The van der Waals surface area contributed by atoms with Crippen LogP contribution in [0.5, 0.6) is 11.5 Å². The third kappa shape index (κ3) is 9.14. The topological polar surface area (TPSA) is 9.23 Å². The minimum Gasteiger partial charge on any atom is -0.457 e. The molecule has 1 heteroatoms. The van der Waals surface area contributed by atoms with E-state index in [2.05, 4.69) is 221 Å². The van der Waals surface area contributed by atoms with E-state index in [-0.39, 0.29) is 75.7 Å². The Hall–Kier alpha value is -7.22. The molecule has 0 heterocycles. The molecule has 0 amide bonds. The summed E-state index contributed by atoms with van der Waals surface area (Å²) in [5.41, 5.74) is 23.0. The Bertz CT molecular complexity index is 3900. The first-order valence-electron chi connectivity index (χ1n) is 30.3. The van der Waals surface area contributed by atoms with Crippen LogP contribution in [0.3, 0.4) is 0 Å². The van der Waals surface area contributed by atoms with Crippen LogP contribution in [-0.2, 0) is 22.7 Å². The first-order valence-corrected chi connectivity index (χ1v) is 27.8. The Morgan fingerprint density at radius 2 is 1.04 bits per heavy atom. The van der Waals surface area contributed by atoms with E-state index in [0.29, 0.717) is 5.56 Å². The molecule has 4 atom stereocenters. The van der Waals surface area contributed by atoms with Crippen LogP contribution in [0.2, 0.25) is 0 Å². The van der Waals surface area contributed by atoms with Gasteiger partial charge in [-0.1, -0.05) is 232 Å². The van der Waals surface area contributed by atoms with E-state index in [1.54, 1.807) is 0 Å². The molecule has 380 valence electrons. The fourth-order valence-corrected chi connectivity index (χ4v) is 13.2. The molecule has 0 bridgehead atoms. The maximum Gasteiger partial charge on any atom is 0.127 e. The highest BCUT2D eigenvalue weighted by molar-refractivity contribution is 5.83. The lowest BCUT2D eigenvalue weighted by Gasteiger charge is -2.32. The third-order valence-electron chi connectivity index (χ3n) is 17.2. The molecule has 0 aliphatic heterocycles. The molecule has 0 fully saturated rings. The summed E-state index contributed by atoms with van der Waals surface area (Å²) in [4.78, 5) is 0. The number of hydrogen-bond acceptors (Lipinski definition) is 1. The molecule has 9 aromatic carbocycles. The molecule has 3 aliphatic rings.